The van der Waals surface area contributed by atoms with Gasteiger partial charge in [-0.3, -0.25) is 0 Å². The van der Waals surface area contributed by atoms with Crippen molar-refractivity contribution in [2.24, 2.45) is 0 Å². The Morgan fingerprint density at radius 1 is 1.36 bits per heavy atom. The van der Waals surface area contributed by atoms with Gasteiger partial charge >= 0.3 is 12.3 Å². The first kappa shape index (κ1) is 19.3. The second kappa shape index (κ2) is 7.45. The lowest BCUT2D eigenvalue weighted by molar-refractivity contribution is -0.141. The molecule has 1 heterocycles. The third-order valence-electron chi connectivity index (χ3n) is 3.42. The molecule has 6 nitrogen and oxygen atoms in total. The maximum atomic E-state index is 12.6. The fourth-order valence-electron chi connectivity index (χ4n) is 2.18. The lowest BCUT2D eigenvalue weighted by atomic mass is 10.2. The van der Waals surface area contributed by atoms with E-state index < -0.39 is 17.5 Å². The lowest BCUT2D eigenvalue weighted by Gasteiger charge is -2.27. The molecular formula is C16H23F3N4O2. The summed E-state index contributed by atoms with van der Waals surface area (Å²) in [5, 5.41) is 2.76. The van der Waals surface area contributed by atoms with Crippen LogP contribution in [0.2, 0.25) is 0 Å². The van der Waals surface area contributed by atoms with Crippen molar-refractivity contribution in [2.45, 2.75) is 57.9 Å². The minimum Gasteiger partial charge on any atom is -0.444 e. The van der Waals surface area contributed by atoms with E-state index in [1.54, 1.807) is 4.90 Å². The first-order valence-corrected chi connectivity index (χ1v) is 8.20. The second-order valence-electron chi connectivity index (χ2n) is 6.95. The number of alkyl halides is 3. The van der Waals surface area contributed by atoms with Crippen molar-refractivity contribution in [3.63, 3.8) is 0 Å². The molecule has 1 saturated carbocycles. The third kappa shape index (κ3) is 6.39. The minimum absolute atomic E-state index is 0.0786. The number of carbonyl (C=O) groups excluding carboxylic acids is 1. The molecule has 25 heavy (non-hydrogen) atoms. The Bertz CT molecular complexity index is 598. The van der Waals surface area contributed by atoms with E-state index >= 15 is 0 Å². The zero-order chi connectivity index (χ0) is 18.7. The molecule has 1 aliphatic carbocycles. The van der Waals surface area contributed by atoms with Crippen molar-refractivity contribution in [3.8, 4) is 0 Å². The predicted molar refractivity (Wildman–Crippen MR) is 86.1 cm³/mol. The molecule has 0 atom stereocenters. The van der Waals surface area contributed by atoms with Gasteiger partial charge in [-0.15, -0.1) is 0 Å². The molecule has 0 radical (unpaired) electrons. The summed E-state index contributed by atoms with van der Waals surface area (Å²) in [4.78, 5) is 21.1. The van der Waals surface area contributed by atoms with E-state index in [1.165, 1.54) is 0 Å². The number of nitrogens with zero attached hydrogens (tertiary/aromatic N) is 3. The summed E-state index contributed by atoms with van der Waals surface area (Å²) < 4.78 is 43.2. The lowest BCUT2D eigenvalue weighted by Crippen LogP contribution is -2.39. The van der Waals surface area contributed by atoms with Crippen molar-refractivity contribution in [1.29, 1.82) is 0 Å². The SMILES string of the molecule is CC(C)(C)OC(=O)N(CCCNc1nccc(C(F)(F)F)n1)C1CC1. The van der Waals surface area contributed by atoms with E-state index in [4.69, 9.17) is 4.74 Å². The largest absolute Gasteiger partial charge is 0.444 e. The minimum atomic E-state index is -4.50. The van der Waals surface area contributed by atoms with Crippen LogP contribution in [0.1, 0.15) is 45.7 Å². The molecule has 1 aromatic heterocycles. The van der Waals surface area contributed by atoms with Crippen LogP contribution in [0.15, 0.2) is 12.3 Å². The molecule has 140 valence electrons. The summed E-state index contributed by atoms with van der Waals surface area (Å²) in [5.74, 6) is -0.0786. The Hall–Kier alpha value is -2.06. The quantitative estimate of drug-likeness (QED) is 0.784. The Kier molecular flexibility index (Phi) is 5.74. The molecule has 1 fully saturated rings. The fourth-order valence-corrected chi connectivity index (χ4v) is 2.18. The van der Waals surface area contributed by atoms with Crippen LogP contribution < -0.4 is 5.32 Å². The standard InChI is InChI=1S/C16H23F3N4O2/c1-15(2,3)25-14(24)23(11-5-6-11)10-4-8-20-13-21-9-7-12(22-13)16(17,18)19/h7,9,11H,4-6,8,10H2,1-3H3,(H,20,21,22). The Balaban J connectivity index is 1.82. The highest BCUT2D eigenvalue weighted by Gasteiger charge is 2.35. The molecular weight excluding hydrogens is 337 g/mol. The van der Waals surface area contributed by atoms with Gasteiger partial charge in [0.05, 0.1) is 0 Å². The second-order valence-corrected chi connectivity index (χ2v) is 6.95. The number of rotatable bonds is 6. The third-order valence-corrected chi connectivity index (χ3v) is 3.42. The van der Waals surface area contributed by atoms with Gasteiger partial charge in [-0.1, -0.05) is 0 Å². The van der Waals surface area contributed by atoms with Gasteiger partial charge < -0.3 is 15.0 Å². The van der Waals surface area contributed by atoms with Crippen LogP contribution in [0.25, 0.3) is 0 Å². The normalized spacial score (nSPS) is 15.0. The first-order chi connectivity index (χ1) is 11.6. The summed E-state index contributed by atoms with van der Waals surface area (Å²) in [6.07, 6.45) is -1.35. The maximum absolute atomic E-state index is 12.6. The van der Waals surface area contributed by atoms with E-state index in [-0.39, 0.29) is 18.1 Å². The van der Waals surface area contributed by atoms with Gasteiger partial charge in [0.2, 0.25) is 5.95 Å². The smallest absolute Gasteiger partial charge is 0.433 e. The topological polar surface area (TPSA) is 67.3 Å². The van der Waals surface area contributed by atoms with Gasteiger partial charge in [-0.2, -0.15) is 13.2 Å². The van der Waals surface area contributed by atoms with E-state index in [1.807, 2.05) is 20.8 Å². The van der Waals surface area contributed by atoms with E-state index in [2.05, 4.69) is 15.3 Å². The van der Waals surface area contributed by atoms with Crippen molar-refractivity contribution in [1.82, 2.24) is 14.9 Å². The molecule has 0 unspecified atom stereocenters. The van der Waals surface area contributed by atoms with Gasteiger partial charge in [-0.25, -0.2) is 14.8 Å². The van der Waals surface area contributed by atoms with Crippen LogP contribution >= 0.6 is 0 Å². The molecule has 0 aromatic carbocycles. The highest BCUT2D eigenvalue weighted by atomic mass is 19.4. The number of anilines is 1. The molecule has 0 spiro atoms. The monoisotopic (exact) mass is 360 g/mol. The Labute approximate surface area is 144 Å². The maximum Gasteiger partial charge on any atom is 0.433 e. The van der Waals surface area contributed by atoms with Crippen LogP contribution in [0.3, 0.4) is 0 Å². The highest BCUT2D eigenvalue weighted by Crippen LogP contribution is 2.29. The number of halogens is 3. The van der Waals surface area contributed by atoms with Crippen molar-refractivity contribution < 1.29 is 22.7 Å². The van der Waals surface area contributed by atoms with Crippen LogP contribution in [0.4, 0.5) is 23.9 Å². The van der Waals surface area contributed by atoms with Gasteiger partial charge in [0, 0.05) is 25.3 Å². The van der Waals surface area contributed by atoms with Crippen LogP contribution in [-0.2, 0) is 10.9 Å². The van der Waals surface area contributed by atoms with Crippen LogP contribution in [0, 0.1) is 0 Å². The number of hydrogen-bond acceptors (Lipinski definition) is 5. The zero-order valence-electron chi connectivity index (χ0n) is 14.6. The Morgan fingerprint density at radius 3 is 2.60 bits per heavy atom. The predicted octanol–water partition coefficient (Wildman–Crippen LogP) is 3.70. The summed E-state index contributed by atoms with van der Waals surface area (Å²) in [5.41, 5.74) is -1.55. The number of ether oxygens (including phenoxy) is 1. The van der Waals surface area contributed by atoms with Crippen LogP contribution in [0.5, 0.6) is 0 Å². The average molecular weight is 360 g/mol. The van der Waals surface area contributed by atoms with Crippen molar-refractivity contribution >= 4 is 12.0 Å². The Morgan fingerprint density at radius 2 is 2.04 bits per heavy atom. The molecule has 1 aromatic rings. The van der Waals surface area contributed by atoms with Crippen molar-refractivity contribution in [2.75, 3.05) is 18.4 Å². The zero-order valence-corrected chi connectivity index (χ0v) is 14.6. The van der Waals surface area contributed by atoms with E-state index in [0.717, 1.165) is 25.1 Å². The van der Waals surface area contributed by atoms with Gasteiger partial charge in [0.15, 0.2) is 0 Å². The van der Waals surface area contributed by atoms with Crippen molar-refractivity contribution in [3.05, 3.63) is 18.0 Å². The van der Waals surface area contributed by atoms with Gasteiger partial charge in [0.1, 0.15) is 11.3 Å². The number of nitrogens with one attached hydrogen (secondary N) is 1. The molecule has 1 amide bonds. The molecule has 1 aliphatic rings. The highest BCUT2D eigenvalue weighted by molar-refractivity contribution is 5.69. The average Bonchev–Trinajstić information content (AvgIpc) is 3.29. The number of aromatic nitrogens is 2. The number of carbonyl (C=O) groups is 1. The molecule has 0 saturated heterocycles. The summed E-state index contributed by atoms with van der Waals surface area (Å²) in [6.45, 7) is 6.24. The van der Waals surface area contributed by atoms with E-state index in [9.17, 15) is 18.0 Å². The van der Waals surface area contributed by atoms with Crippen LogP contribution in [-0.4, -0.2) is 45.7 Å². The van der Waals surface area contributed by atoms with Gasteiger partial charge in [-0.05, 0) is 46.1 Å². The molecule has 1 N–H and O–H groups in total. The fraction of sp³-hybridized carbons (Fsp3) is 0.688. The van der Waals surface area contributed by atoms with E-state index in [0.29, 0.717) is 19.5 Å². The summed E-state index contributed by atoms with van der Waals surface area (Å²) in [6, 6.07) is 1.02. The summed E-state index contributed by atoms with van der Waals surface area (Å²) >= 11 is 0. The molecule has 0 aliphatic heterocycles. The first-order valence-electron chi connectivity index (χ1n) is 8.20. The summed E-state index contributed by atoms with van der Waals surface area (Å²) in [7, 11) is 0. The molecule has 2 rings (SSSR count). The molecule has 9 heteroatoms. The number of hydrogen-bond donors (Lipinski definition) is 1. The molecule has 0 bridgehead atoms. The van der Waals surface area contributed by atoms with Gasteiger partial charge in [0.25, 0.3) is 0 Å². The number of amides is 1.